The van der Waals surface area contributed by atoms with E-state index in [9.17, 15) is 23.6 Å². The number of amides is 3. The Bertz CT molecular complexity index is 1390. The summed E-state index contributed by atoms with van der Waals surface area (Å²) < 4.78 is 25.9. The van der Waals surface area contributed by atoms with E-state index in [-0.39, 0.29) is 23.0 Å². The zero-order valence-electron chi connectivity index (χ0n) is 18.8. The number of thioether (sulfide) groups is 1. The molecule has 3 atom stereocenters. The van der Waals surface area contributed by atoms with E-state index in [0.717, 1.165) is 28.0 Å². The first-order chi connectivity index (χ1) is 17.4. The maximum Gasteiger partial charge on any atom is 0.308 e. The second-order valence-corrected chi connectivity index (χ2v) is 10.8. The van der Waals surface area contributed by atoms with Crippen LogP contribution >= 0.6 is 23.1 Å². The number of carbonyl (C=O) groups is 3. The SMILES string of the molecule is O=C(Cn1c2c(sc1=O)C(c1ccco1)C1C(=O)N(c3ccc(F)cc3)C(=O)C1S2)N1CCOCC1. The zero-order valence-corrected chi connectivity index (χ0v) is 20.4. The van der Waals surface area contributed by atoms with Crippen molar-refractivity contribution >= 4 is 46.5 Å². The lowest BCUT2D eigenvalue weighted by Gasteiger charge is -2.30. The molecule has 0 N–H and O–H groups in total. The Kier molecular flexibility index (Phi) is 5.81. The highest BCUT2D eigenvalue weighted by molar-refractivity contribution is 8.00. The van der Waals surface area contributed by atoms with E-state index in [1.54, 1.807) is 17.0 Å². The van der Waals surface area contributed by atoms with E-state index in [4.69, 9.17) is 9.15 Å². The fraction of sp³-hybridized carbons (Fsp3) is 0.333. The molecule has 3 aromatic rings. The number of hydrogen-bond donors (Lipinski definition) is 0. The minimum absolute atomic E-state index is 0.163. The molecular formula is C24H20FN3O6S2. The molecule has 9 nitrogen and oxygen atoms in total. The lowest BCUT2D eigenvalue weighted by atomic mass is 9.87. The molecule has 2 fully saturated rings. The number of furan rings is 1. The first-order valence-electron chi connectivity index (χ1n) is 11.4. The molecule has 12 heteroatoms. The van der Waals surface area contributed by atoms with Crippen molar-refractivity contribution in [2.75, 3.05) is 31.2 Å². The van der Waals surface area contributed by atoms with Gasteiger partial charge in [0.2, 0.25) is 17.7 Å². The number of imide groups is 1. The van der Waals surface area contributed by atoms with Gasteiger partial charge in [-0.2, -0.15) is 0 Å². The molecule has 1 aromatic carbocycles. The molecule has 6 rings (SSSR count). The first kappa shape index (κ1) is 23.2. The predicted octanol–water partition coefficient (Wildman–Crippen LogP) is 2.30. The summed E-state index contributed by atoms with van der Waals surface area (Å²) in [5, 5.41) is -0.333. The van der Waals surface area contributed by atoms with Gasteiger partial charge in [0.15, 0.2) is 0 Å². The largest absolute Gasteiger partial charge is 0.469 e. The second kappa shape index (κ2) is 9.02. The van der Waals surface area contributed by atoms with E-state index in [1.807, 2.05) is 0 Å². The molecule has 3 aliphatic rings. The number of carbonyl (C=O) groups excluding carboxylic acids is 3. The van der Waals surface area contributed by atoms with Gasteiger partial charge in [0, 0.05) is 13.1 Å². The summed E-state index contributed by atoms with van der Waals surface area (Å²) in [4.78, 5) is 56.2. The number of ether oxygens (including phenoxy) is 1. The van der Waals surface area contributed by atoms with Gasteiger partial charge in [-0.1, -0.05) is 23.1 Å². The Hall–Kier alpha value is -3.22. The number of aromatic nitrogens is 1. The maximum absolute atomic E-state index is 13.6. The third-order valence-corrected chi connectivity index (χ3v) is 9.24. The van der Waals surface area contributed by atoms with Crippen LogP contribution in [0.25, 0.3) is 0 Å². The Morgan fingerprint density at radius 2 is 1.81 bits per heavy atom. The van der Waals surface area contributed by atoms with E-state index < -0.39 is 34.7 Å². The van der Waals surface area contributed by atoms with E-state index >= 15 is 0 Å². The lowest BCUT2D eigenvalue weighted by molar-refractivity contribution is -0.136. The van der Waals surface area contributed by atoms with Gasteiger partial charge in [-0.3, -0.25) is 23.7 Å². The molecule has 0 saturated carbocycles. The molecule has 0 aliphatic carbocycles. The monoisotopic (exact) mass is 529 g/mol. The Labute approximate surface area is 212 Å². The Balaban J connectivity index is 1.41. The van der Waals surface area contributed by atoms with Gasteiger partial charge in [-0.25, -0.2) is 9.29 Å². The van der Waals surface area contributed by atoms with Crippen LogP contribution < -0.4 is 9.77 Å². The van der Waals surface area contributed by atoms with Crippen molar-refractivity contribution in [1.82, 2.24) is 9.47 Å². The smallest absolute Gasteiger partial charge is 0.308 e. The molecule has 36 heavy (non-hydrogen) atoms. The van der Waals surface area contributed by atoms with Crippen molar-refractivity contribution < 1.29 is 27.9 Å². The lowest BCUT2D eigenvalue weighted by Crippen LogP contribution is -2.43. The van der Waals surface area contributed by atoms with Crippen molar-refractivity contribution in [3.8, 4) is 0 Å². The maximum atomic E-state index is 13.6. The van der Waals surface area contributed by atoms with E-state index in [1.165, 1.54) is 35.1 Å². The molecule has 0 bridgehead atoms. The fourth-order valence-electron chi connectivity index (χ4n) is 4.92. The summed E-state index contributed by atoms with van der Waals surface area (Å²) in [6.45, 7) is 1.62. The summed E-state index contributed by atoms with van der Waals surface area (Å²) in [6, 6.07) is 8.57. The van der Waals surface area contributed by atoms with Gasteiger partial charge in [-0.15, -0.1) is 0 Å². The molecular weight excluding hydrogens is 509 g/mol. The normalized spacial score (nSPS) is 23.6. The molecule has 3 aliphatic heterocycles. The summed E-state index contributed by atoms with van der Waals surface area (Å²) in [7, 11) is 0. The molecule has 0 radical (unpaired) electrons. The molecule has 2 aromatic heterocycles. The molecule has 5 heterocycles. The summed E-state index contributed by atoms with van der Waals surface area (Å²) >= 11 is 2.09. The number of morpholine rings is 1. The third kappa shape index (κ3) is 3.71. The second-order valence-electron chi connectivity index (χ2n) is 8.66. The zero-order chi connectivity index (χ0) is 25.0. The first-order valence-corrected chi connectivity index (χ1v) is 13.1. The highest BCUT2D eigenvalue weighted by Gasteiger charge is 2.57. The van der Waals surface area contributed by atoms with Crippen molar-refractivity contribution in [1.29, 1.82) is 0 Å². The molecule has 3 amide bonds. The summed E-state index contributed by atoms with van der Waals surface area (Å²) in [5.74, 6) is -2.59. The van der Waals surface area contributed by atoms with Crippen LogP contribution in [0.1, 0.15) is 16.6 Å². The highest BCUT2D eigenvalue weighted by Crippen LogP contribution is 2.53. The number of hydrogen-bond acceptors (Lipinski definition) is 8. The van der Waals surface area contributed by atoms with Gasteiger partial charge in [-0.05, 0) is 36.4 Å². The topological polar surface area (TPSA) is 102 Å². The van der Waals surface area contributed by atoms with Gasteiger partial charge in [0.05, 0.1) is 46.9 Å². The third-order valence-electron chi connectivity index (χ3n) is 6.64. The van der Waals surface area contributed by atoms with Crippen LogP contribution in [-0.4, -0.2) is 58.7 Å². The minimum Gasteiger partial charge on any atom is -0.469 e. The van der Waals surface area contributed by atoms with Gasteiger partial charge >= 0.3 is 4.87 Å². The van der Waals surface area contributed by atoms with Crippen molar-refractivity contribution in [3.63, 3.8) is 0 Å². The standard InChI is InChI=1S/C24H20FN3O6S2/c25-13-3-5-14(6-4-13)28-21(30)18-17(15-2-1-9-34-15)20-23(35-19(18)22(28)31)27(24(32)36-20)12-16(29)26-7-10-33-11-8-26/h1-6,9,17-19H,7-8,10-12H2. The Morgan fingerprint density at radius 3 is 2.50 bits per heavy atom. The van der Waals surface area contributed by atoms with Crippen molar-refractivity contribution in [2.45, 2.75) is 22.7 Å². The van der Waals surface area contributed by atoms with Crippen LogP contribution in [-0.2, 0) is 25.7 Å². The Morgan fingerprint density at radius 1 is 1.06 bits per heavy atom. The molecule has 3 unspecified atom stereocenters. The molecule has 2 saturated heterocycles. The predicted molar refractivity (Wildman–Crippen MR) is 129 cm³/mol. The van der Waals surface area contributed by atoms with Crippen molar-refractivity contribution in [3.05, 3.63) is 68.8 Å². The number of halogens is 1. The number of nitrogens with zero attached hydrogens (tertiary/aromatic N) is 3. The van der Waals surface area contributed by atoms with Crippen LogP contribution in [0.15, 0.2) is 56.9 Å². The summed E-state index contributed by atoms with van der Waals surface area (Å²) in [5.41, 5.74) is 0.280. The van der Waals surface area contributed by atoms with Crippen LogP contribution in [0, 0.1) is 11.7 Å². The van der Waals surface area contributed by atoms with Crippen LogP contribution in [0.3, 0.4) is 0 Å². The molecule has 186 valence electrons. The fourth-order valence-corrected chi connectivity index (χ4v) is 7.68. The van der Waals surface area contributed by atoms with Crippen LogP contribution in [0.5, 0.6) is 0 Å². The number of benzene rings is 1. The number of rotatable bonds is 4. The quantitative estimate of drug-likeness (QED) is 0.478. The van der Waals surface area contributed by atoms with Gasteiger partial charge in [0.25, 0.3) is 0 Å². The van der Waals surface area contributed by atoms with Crippen molar-refractivity contribution in [2.24, 2.45) is 5.92 Å². The number of thiazole rings is 1. The van der Waals surface area contributed by atoms with E-state index in [0.29, 0.717) is 42.0 Å². The average molecular weight is 530 g/mol. The number of fused-ring (bicyclic) bond motifs is 2. The van der Waals surface area contributed by atoms with E-state index in [2.05, 4.69) is 0 Å². The average Bonchev–Trinajstić information content (AvgIpc) is 3.58. The van der Waals surface area contributed by atoms with Crippen LogP contribution in [0.4, 0.5) is 10.1 Å². The van der Waals surface area contributed by atoms with Crippen LogP contribution in [0.2, 0.25) is 0 Å². The highest BCUT2D eigenvalue weighted by atomic mass is 32.2. The van der Waals surface area contributed by atoms with Gasteiger partial charge < -0.3 is 14.1 Å². The number of anilines is 1. The summed E-state index contributed by atoms with van der Waals surface area (Å²) in [6.07, 6.45) is 1.48. The van der Waals surface area contributed by atoms with Gasteiger partial charge in [0.1, 0.15) is 23.4 Å². The molecule has 0 spiro atoms. The minimum atomic E-state index is -0.830.